The highest BCUT2D eigenvalue weighted by Crippen LogP contribution is 2.32. The number of ether oxygens (including phenoxy) is 1. The predicted octanol–water partition coefficient (Wildman–Crippen LogP) is 3.00. The van der Waals surface area contributed by atoms with Gasteiger partial charge in [-0.15, -0.1) is 12.4 Å². The number of carbonyl (C=O) groups excluding carboxylic acids is 1. The number of benzene rings is 2. The summed E-state index contributed by atoms with van der Waals surface area (Å²) in [7, 11) is 1.43. The van der Waals surface area contributed by atoms with Gasteiger partial charge in [-0.05, 0) is 42.7 Å². The van der Waals surface area contributed by atoms with Gasteiger partial charge in [0.1, 0.15) is 11.4 Å². The molecule has 0 spiro atoms. The second-order valence-corrected chi connectivity index (χ2v) is 6.06. The molecule has 0 bridgehead atoms. The van der Waals surface area contributed by atoms with Gasteiger partial charge in [-0.3, -0.25) is 14.9 Å². The SMILES string of the molecule is COc1ccc(NC(=O)CN2CCCc3c(N)cccc32)c([N+](=O)[O-])c1.Cl. The maximum Gasteiger partial charge on any atom is 0.296 e. The molecule has 3 N–H and O–H groups in total. The van der Waals surface area contributed by atoms with Crippen molar-refractivity contribution in [2.75, 3.05) is 36.1 Å². The van der Waals surface area contributed by atoms with Gasteiger partial charge in [-0.25, -0.2) is 0 Å². The number of hydrogen-bond acceptors (Lipinski definition) is 6. The van der Waals surface area contributed by atoms with Crippen LogP contribution in [0.5, 0.6) is 5.75 Å². The predicted molar refractivity (Wildman–Crippen MR) is 107 cm³/mol. The van der Waals surface area contributed by atoms with Gasteiger partial charge in [0.15, 0.2) is 0 Å². The minimum Gasteiger partial charge on any atom is -0.496 e. The highest BCUT2D eigenvalue weighted by Gasteiger charge is 2.22. The molecule has 27 heavy (non-hydrogen) atoms. The Labute approximate surface area is 162 Å². The molecule has 1 aliphatic heterocycles. The Hall–Kier alpha value is -3.00. The zero-order valence-electron chi connectivity index (χ0n) is 14.8. The van der Waals surface area contributed by atoms with Crippen molar-refractivity contribution >= 4 is 41.1 Å². The van der Waals surface area contributed by atoms with Crippen molar-refractivity contribution in [3.63, 3.8) is 0 Å². The molecule has 2 aromatic carbocycles. The maximum atomic E-state index is 12.5. The molecule has 3 rings (SSSR count). The molecule has 9 heteroatoms. The van der Waals surface area contributed by atoms with Gasteiger partial charge in [0.05, 0.1) is 24.6 Å². The first-order valence-electron chi connectivity index (χ1n) is 8.24. The monoisotopic (exact) mass is 392 g/mol. The van der Waals surface area contributed by atoms with E-state index >= 15 is 0 Å². The number of methoxy groups -OCH3 is 1. The number of nitrogen functional groups attached to an aromatic ring is 1. The summed E-state index contributed by atoms with van der Waals surface area (Å²) in [6.07, 6.45) is 1.78. The third kappa shape index (κ3) is 4.40. The summed E-state index contributed by atoms with van der Waals surface area (Å²) in [5.74, 6) is 0.0312. The largest absolute Gasteiger partial charge is 0.496 e. The minimum absolute atomic E-state index is 0. The molecule has 0 saturated heterocycles. The fourth-order valence-electron chi connectivity index (χ4n) is 3.15. The van der Waals surface area contributed by atoms with Crippen LogP contribution >= 0.6 is 12.4 Å². The van der Waals surface area contributed by atoms with Crippen molar-refractivity contribution in [1.82, 2.24) is 0 Å². The molecule has 2 aromatic rings. The average molecular weight is 393 g/mol. The first-order chi connectivity index (χ1) is 12.5. The number of nitro groups is 1. The van der Waals surface area contributed by atoms with Crippen molar-refractivity contribution in [2.24, 2.45) is 0 Å². The van der Waals surface area contributed by atoms with Crippen LogP contribution in [0.4, 0.5) is 22.7 Å². The summed E-state index contributed by atoms with van der Waals surface area (Å²) in [5.41, 5.74) is 8.67. The van der Waals surface area contributed by atoms with E-state index in [0.717, 1.165) is 36.3 Å². The summed E-state index contributed by atoms with van der Waals surface area (Å²) >= 11 is 0. The lowest BCUT2D eigenvalue weighted by Gasteiger charge is -2.31. The number of fused-ring (bicyclic) bond motifs is 1. The van der Waals surface area contributed by atoms with E-state index in [2.05, 4.69) is 5.32 Å². The molecule has 0 aromatic heterocycles. The summed E-state index contributed by atoms with van der Waals surface area (Å²) in [6.45, 7) is 0.828. The Kier molecular flexibility index (Phi) is 6.46. The third-order valence-corrected chi connectivity index (χ3v) is 4.39. The van der Waals surface area contributed by atoms with Crippen LogP contribution in [0.15, 0.2) is 36.4 Å². The highest BCUT2D eigenvalue weighted by atomic mass is 35.5. The zero-order chi connectivity index (χ0) is 18.7. The van der Waals surface area contributed by atoms with E-state index < -0.39 is 4.92 Å². The van der Waals surface area contributed by atoms with Crippen LogP contribution in [0.25, 0.3) is 0 Å². The second kappa shape index (κ2) is 8.59. The molecule has 1 heterocycles. The molecule has 0 aliphatic carbocycles. The number of nitrogens with two attached hydrogens (primary N) is 1. The van der Waals surface area contributed by atoms with Crippen LogP contribution in [-0.2, 0) is 11.2 Å². The lowest BCUT2D eigenvalue weighted by molar-refractivity contribution is -0.384. The first kappa shape index (κ1) is 20.3. The van der Waals surface area contributed by atoms with Crippen molar-refractivity contribution in [3.8, 4) is 5.75 Å². The summed E-state index contributed by atoms with van der Waals surface area (Å²) in [5, 5.41) is 13.9. The molecule has 144 valence electrons. The Morgan fingerprint density at radius 1 is 1.37 bits per heavy atom. The van der Waals surface area contributed by atoms with Gasteiger partial charge in [0, 0.05) is 17.9 Å². The summed E-state index contributed by atoms with van der Waals surface area (Å²) in [6, 6.07) is 9.97. The van der Waals surface area contributed by atoms with Crippen LogP contribution in [0.2, 0.25) is 0 Å². The third-order valence-electron chi connectivity index (χ3n) is 4.39. The van der Waals surface area contributed by atoms with Gasteiger partial charge in [0.2, 0.25) is 5.91 Å². The van der Waals surface area contributed by atoms with E-state index in [1.54, 1.807) is 6.07 Å². The number of halogens is 1. The fraction of sp³-hybridized carbons (Fsp3) is 0.278. The van der Waals surface area contributed by atoms with E-state index in [-0.39, 0.29) is 36.2 Å². The van der Waals surface area contributed by atoms with Gasteiger partial charge in [-0.1, -0.05) is 6.07 Å². The van der Waals surface area contributed by atoms with Crippen LogP contribution in [0, 0.1) is 10.1 Å². The number of carbonyl (C=O) groups is 1. The van der Waals surface area contributed by atoms with Crippen molar-refractivity contribution in [3.05, 3.63) is 52.1 Å². The first-order valence-corrected chi connectivity index (χ1v) is 8.24. The van der Waals surface area contributed by atoms with E-state index in [1.807, 2.05) is 23.1 Å². The number of rotatable bonds is 5. The van der Waals surface area contributed by atoms with E-state index in [4.69, 9.17) is 10.5 Å². The Morgan fingerprint density at radius 3 is 2.85 bits per heavy atom. The molecule has 0 fully saturated rings. The molecule has 1 amide bonds. The van der Waals surface area contributed by atoms with E-state index in [0.29, 0.717) is 5.75 Å². The van der Waals surface area contributed by atoms with Crippen LogP contribution in [0.1, 0.15) is 12.0 Å². The number of nitro benzene ring substituents is 1. The lowest BCUT2D eigenvalue weighted by atomic mass is 10.00. The standard InChI is InChI=1S/C18H20N4O4.ClH/c1-26-12-7-8-15(17(10-12)22(24)25)20-18(23)11-21-9-3-4-13-14(19)5-2-6-16(13)21;/h2,5-8,10H,3-4,9,11,19H2,1H3,(H,20,23);1H. The number of nitrogens with zero attached hydrogens (tertiary/aromatic N) is 2. The molecular formula is C18H21ClN4O4. The maximum absolute atomic E-state index is 12.5. The summed E-state index contributed by atoms with van der Waals surface area (Å²) < 4.78 is 5.00. The Balaban J connectivity index is 0.00000261. The van der Waals surface area contributed by atoms with Gasteiger partial charge in [0.25, 0.3) is 5.69 Å². The molecule has 0 saturated carbocycles. The minimum atomic E-state index is -0.547. The smallest absolute Gasteiger partial charge is 0.296 e. The van der Waals surface area contributed by atoms with Gasteiger partial charge < -0.3 is 20.7 Å². The zero-order valence-corrected chi connectivity index (χ0v) is 15.6. The van der Waals surface area contributed by atoms with Crippen LogP contribution in [-0.4, -0.2) is 31.0 Å². The number of anilines is 3. The quantitative estimate of drug-likeness (QED) is 0.459. The van der Waals surface area contributed by atoms with Crippen LogP contribution in [0.3, 0.4) is 0 Å². The molecule has 1 aliphatic rings. The number of amides is 1. The van der Waals surface area contributed by atoms with E-state index in [9.17, 15) is 14.9 Å². The average Bonchev–Trinajstić information content (AvgIpc) is 2.62. The van der Waals surface area contributed by atoms with Gasteiger partial charge in [-0.2, -0.15) is 0 Å². The topological polar surface area (TPSA) is 111 Å². The molecule has 0 radical (unpaired) electrons. The van der Waals surface area contributed by atoms with Crippen LogP contribution < -0.4 is 20.7 Å². The molecule has 0 atom stereocenters. The van der Waals surface area contributed by atoms with Crippen molar-refractivity contribution in [1.29, 1.82) is 0 Å². The Bertz CT molecular complexity index is 859. The summed E-state index contributed by atoms with van der Waals surface area (Å²) in [4.78, 5) is 25.1. The fourth-order valence-corrected chi connectivity index (χ4v) is 3.15. The lowest BCUT2D eigenvalue weighted by Crippen LogP contribution is -2.37. The number of hydrogen-bond donors (Lipinski definition) is 2. The molecular weight excluding hydrogens is 372 g/mol. The second-order valence-electron chi connectivity index (χ2n) is 6.06. The van der Waals surface area contributed by atoms with Crippen molar-refractivity contribution < 1.29 is 14.5 Å². The number of nitrogens with one attached hydrogen (secondary N) is 1. The Morgan fingerprint density at radius 2 is 2.15 bits per heavy atom. The van der Waals surface area contributed by atoms with Gasteiger partial charge >= 0.3 is 0 Å². The van der Waals surface area contributed by atoms with Crippen molar-refractivity contribution in [2.45, 2.75) is 12.8 Å². The normalized spacial score (nSPS) is 12.6. The van der Waals surface area contributed by atoms with E-state index in [1.165, 1.54) is 19.2 Å². The molecule has 0 unspecified atom stereocenters. The molecule has 8 nitrogen and oxygen atoms in total. The highest BCUT2D eigenvalue weighted by molar-refractivity contribution is 5.96.